The van der Waals surface area contributed by atoms with Crippen LogP contribution in [0.25, 0.3) is 10.2 Å². The van der Waals surface area contributed by atoms with Gasteiger partial charge in [0.15, 0.2) is 17.2 Å². The molecule has 0 spiro atoms. The number of pyridine rings is 1. The number of amides is 2. The van der Waals surface area contributed by atoms with Gasteiger partial charge in [0.2, 0.25) is 0 Å². The predicted molar refractivity (Wildman–Crippen MR) is 149 cm³/mol. The molecule has 1 saturated heterocycles. The summed E-state index contributed by atoms with van der Waals surface area (Å²) in [5.74, 6) is -1.62. The van der Waals surface area contributed by atoms with E-state index in [1.807, 2.05) is 6.92 Å². The number of rotatable bonds is 10. The zero-order valence-corrected chi connectivity index (χ0v) is 25.3. The van der Waals surface area contributed by atoms with Crippen LogP contribution in [0.4, 0.5) is 18.0 Å². The lowest BCUT2D eigenvalue weighted by atomic mass is 10.1. The number of aromatic nitrogens is 2. The quantitative estimate of drug-likeness (QED) is 0.246. The number of alkyl halides is 3. The summed E-state index contributed by atoms with van der Waals surface area (Å²) >= 11 is 1.17. The van der Waals surface area contributed by atoms with Crippen molar-refractivity contribution in [3.8, 4) is 5.75 Å². The largest absolute Gasteiger partial charge is 0.850 e. The lowest BCUT2D eigenvalue weighted by molar-refractivity contribution is -0.726. The van der Waals surface area contributed by atoms with Crippen LogP contribution in [0.3, 0.4) is 0 Å². The number of unbranched alkanes of at least 4 members (excludes halogenated alkanes) is 1. The topological polar surface area (TPSA) is 126 Å². The number of methoxy groups -OCH3 is 1. The standard InChI is InChI=1S/C29H33F3N4O7S/c1-4-5-11-35-22-15-34(17-43-28(40)36-12-6-7-21(36)26(39)41-3)13-10-24(22)44-27(35)33-25(38)20-14-19(29(30,31)32)8-9-23(20)42-16-18(2)37/h8-10,13-15,18,21H,4-7,11-12,16-17H2,1-3H3/t18-,21-/m0/s1. The van der Waals surface area contributed by atoms with Crippen LogP contribution in [-0.2, 0) is 33.7 Å². The van der Waals surface area contributed by atoms with Crippen LogP contribution < -0.4 is 19.2 Å². The number of hydrogen-bond donors (Lipinski definition) is 0. The number of thiazole rings is 1. The molecule has 0 radical (unpaired) electrons. The highest BCUT2D eigenvalue weighted by atomic mass is 32.1. The summed E-state index contributed by atoms with van der Waals surface area (Å²) in [6.07, 6.45) is -0.446. The zero-order chi connectivity index (χ0) is 32.0. The molecular weight excluding hydrogens is 605 g/mol. The number of esters is 1. The summed E-state index contributed by atoms with van der Waals surface area (Å²) in [5.41, 5.74) is -0.784. The lowest BCUT2D eigenvalue weighted by Crippen LogP contribution is -2.44. The van der Waals surface area contributed by atoms with E-state index in [1.54, 1.807) is 27.6 Å². The number of carbonyl (C=O) groups excluding carboxylic acids is 3. The predicted octanol–water partition coefficient (Wildman–Crippen LogP) is 3.41. The van der Waals surface area contributed by atoms with Crippen LogP contribution in [0.2, 0.25) is 0 Å². The first-order valence-electron chi connectivity index (χ1n) is 14.1. The molecule has 15 heteroatoms. The Bertz CT molecular complexity index is 1590. The van der Waals surface area contributed by atoms with E-state index >= 15 is 0 Å². The van der Waals surface area contributed by atoms with Crippen molar-refractivity contribution in [2.75, 3.05) is 20.3 Å². The molecule has 3 aromatic rings. The van der Waals surface area contributed by atoms with Crippen molar-refractivity contribution in [2.24, 2.45) is 4.99 Å². The van der Waals surface area contributed by atoms with Crippen LogP contribution in [0.15, 0.2) is 41.7 Å². The molecule has 44 heavy (non-hydrogen) atoms. The normalized spacial score (nSPS) is 16.3. The third kappa shape index (κ3) is 7.75. The molecule has 0 unspecified atom stereocenters. The number of hydrogen-bond acceptors (Lipinski definition) is 8. The second kappa shape index (κ2) is 14.2. The highest BCUT2D eigenvalue weighted by Crippen LogP contribution is 2.33. The van der Waals surface area contributed by atoms with Gasteiger partial charge in [-0.1, -0.05) is 37.7 Å². The van der Waals surface area contributed by atoms with Crippen molar-refractivity contribution in [1.29, 1.82) is 0 Å². The average molecular weight is 639 g/mol. The number of carbonyl (C=O) groups is 3. The molecule has 2 amide bonds. The van der Waals surface area contributed by atoms with E-state index in [0.29, 0.717) is 37.5 Å². The fourth-order valence-electron chi connectivity index (χ4n) is 4.69. The monoisotopic (exact) mass is 638 g/mol. The van der Waals surface area contributed by atoms with Crippen molar-refractivity contribution >= 4 is 39.5 Å². The zero-order valence-electron chi connectivity index (χ0n) is 24.5. The molecule has 1 aliphatic heterocycles. The first-order chi connectivity index (χ1) is 20.9. The fraction of sp³-hybridized carbons (Fsp3) is 0.483. The van der Waals surface area contributed by atoms with Gasteiger partial charge in [-0.3, -0.25) is 9.69 Å². The molecule has 2 aromatic heterocycles. The maximum Gasteiger partial charge on any atom is 0.416 e. The molecule has 1 aliphatic rings. The fourth-order valence-corrected chi connectivity index (χ4v) is 5.71. The van der Waals surface area contributed by atoms with Gasteiger partial charge < -0.3 is 23.9 Å². The minimum Gasteiger partial charge on any atom is -0.850 e. The Morgan fingerprint density at radius 3 is 2.70 bits per heavy atom. The summed E-state index contributed by atoms with van der Waals surface area (Å²) in [6, 6.07) is 3.54. The Hall–Kier alpha value is -3.98. The van der Waals surface area contributed by atoms with E-state index in [4.69, 9.17) is 14.2 Å². The Morgan fingerprint density at radius 1 is 1.25 bits per heavy atom. The minimum atomic E-state index is -4.70. The number of halogens is 3. The molecule has 0 N–H and O–H groups in total. The average Bonchev–Trinajstić information content (AvgIpc) is 3.61. The summed E-state index contributed by atoms with van der Waals surface area (Å²) in [7, 11) is 1.26. The lowest BCUT2D eigenvalue weighted by Gasteiger charge is -2.20. The number of nitrogens with zero attached hydrogens (tertiary/aromatic N) is 4. The van der Waals surface area contributed by atoms with Crippen molar-refractivity contribution in [3.63, 3.8) is 0 Å². The third-order valence-corrected chi connectivity index (χ3v) is 7.98. The van der Waals surface area contributed by atoms with Gasteiger partial charge in [-0.2, -0.15) is 22.7 Å². The van der Waals surface area contributed by atoms with Crippen LogP contribution >= 0.6 is 11.3 Å². The van der Waals surface area contributed by atoms with Crippen LogP contribution in [0.5, 0.6) is 5.75 Å². The molecule has 4 rings (SSSR count). The molecule has 0 saturated carbocycles. The van der Waals surface area contributed by atoms with Gasteiger partial charge in [-0.05, 0) is 37.5 Å². The maximum atomic E-state index is 13.5. The van der Waals surface area contributed by atoms with Gasteiger partial charge in [-0.15, -0.1) is 0 Å². The first-order valence-corrected chi connectivity index (χ1v) is 14.9. The molecule has 1 fully saturated rings. The van der Waals surface area contributed by atoms with Crippen LogP contribution in [-0.4, -0.2) is 59.8 Å². The first kappa shape index (κ1) is 32.9. The molecule has 2 atom stereocenters. The van der Waals surface area contributed by atoms with Gasteiger partial charge in [-0.25, -0.2) is 9.59 Å². The molecule has 0 bridgehead atoms. The second-order valence-electron chi connectivity index (χ2n) is 10.3. The van der Waals surface area contributed by atoms with Crippen molar-refractivity contribution in [2.45, 2.75) is 71.1 Å². The van der Waals surface area contributed by atoms with Crippen molar-refractivity contribution in [3.05, 3.63) is 52.6 Å². The summed E-state index contributed by atoms with van der Waals surface area (Å²) in [5, 5.41) is 11.5. The van der Waals surface area contributed by atoms with E-state index in [0.717, 1.165) is 29.7 Å². The summed E-state index contributed by atoms with van der Waals surface area (Å²) in [4.78, 5) is 43.8. The Kier molecular flexibility index (Phi) is 10.6. The molecule has 11 nitrogen and oxygen atoms in total. The number of fused-ring (bicyclic) bond motifs is 1. The van der Waals surface area contributed by atoms with Crippen molar-refractivity contribution < 1.29 is 51.4 Å². The third-order valence-electron chi connectivity index (χ3n) is 6.92. The van der Waals surface area contributed by atoms with Crippen LogP contribution in [0, 0.1) is 0 Å². The highest BCUT2D eigenvalue weighted by molar-refractivity contribution is 7.16. The number of likely N-dealkylation sites (tertiary alicyclic amines) is 1. The van der Waals surface area contributed by atoms with Gasteiger partial charge in [0, 0.05) is 19.2 Å². The van der Waals surface area contributed by atoms with Crippen molar-refractivity contribution in [1.82, 2.24) is 9.47 Å². The van der Waals surface area contributed by atoms with Gasteiger partial charge in [0.1, 0.15) is 17.3 Å². The maximum absolute atomic E-state index is 13.5. The van der Waals surface area contributed by atoms with Gasteiger partial charge >= 0.3 is 18.2 Å². The Morgan fingerprint density at radius 2 is 2.02 bits per heavy atom. The molecule has 1 aromatic carbocycles. The smallest absolute Gasteiger partial charge is 0.416 e. The Balaban J connectivity index is 1.65. The number of aryl methyl sites for hydroxylation is 1. The molecule has 238 valence electrons. The van der Waals surface area contributed by atoms with E-state index in [2.05, 4.69) is 4.99 Å². The number of ether oxygens (including phenoxy) is 3. The number of benzene rings is 1. The minimum absolute atomic E-state index is 0.155. The van der Waals surface area contributed by atoms with Gasteiger partial charge in [0.05, 0.1) is 29.5 Å². The molecule has 0 aliphatic carbocycles. The second-order valence-corrected chi connectivity index (χ2v) is 11.3. The summed E-state index contributed by atoms with van der Waals surface area (Å²) < 4.78 is 60.1. The highest BCUT2D eigenvalue weighted by Gasteiger charge is 2.36. The Labute approximate surface area is 255 Å². The van der Waals surface area contributed by atoms with E-state index in [9.17, 15) is 32.7 Å². The summed E-state index contributed by atoms with van der Waals surface area (Å²) in [6.45, 7) is 3.66. The van der Waals surface area contributed by atoms with E-state index in [-0.39, 0.29) is 23.9 Å². The van der Waals surface area contributed by atoms with Crippen LogP contribution in [0.1, 0.15) is 55.5 Å². The SMILES string of the molecule is CCCCn1c(=NC(=O)c2cc(C(F)(F)F)ccc2OC[C@H](C)[O-])sc2cc[n+](COC(=O)N3CCC[C@H]3C(=O)OC)cc21. The van der Waals surface area contributed by atoms with E-state index in [1.165, 1.54) is 30.3 Å². The van der Waals surface area contributed by atoms with E-state index < -0.39 is 47.4 Å². The van der Waals surface area contributed by atoms with Gasteiger partial charge in [0.25, 0.3) is 12.6 Å². The molecule has 3 heterocycles. The molecular formula is C29H33F3N4O7S.